The Morgan fingerprint density at radius 1 is 1.39 bits per heavy atom. The highest BCUT2D eigenvalue weighted by atomic mass is 127. The Morgan fingerprint density at radius 3 is 2.83 bits per heavy atom. The number of nitrogens with two attached hydrogens (primary N) is 1. The maximum Gasteiger partial charge on any atom is 0.138 e. The first-order valence-electron chi connectivity index (χ1n) is 5.29. The van der Waals surface area contributed by atoms with E-state index in [4.69, 9.17) is 17.3 Å². The van der Waals surface area contributed by atoms with E-state index in [1.807, 2.05) is 34.7 Å². The predicted octanol–water partition coefficient (Wildman–Crippen LogP) is 4.38. The van der Waals surface area contributed by atoms with Crippen LogP contribution in [0.25, 0.3) is 0 Å². The number of thiophene rings is 1. The molecule has 0 unspecified atom stereocenters. The Bertz CT molecular complexity index is 559. The van der Waals surface area contributed by atoms with Gasteiger partial charge >= 0.3 is 0 Å². The monoisotopic (exact) mass is 396 g/mol. The molecule has 3 N–H and O–H groups in total. The summed E-state index contributed by atoms with van der Waals surface area (Å²) in [7, 11) is 0. The van der Waals surface area contributed by atoms with E-state index < -0.39 is 0 Å². The molecule has 0 amide bonds. The average molecular weight is 397 g/mol. The Kier molecular flexibility index (Phi) is 4.69. The molecule has 1 heterocycles. The van der Waals surface area contributed by atoms with Gasteiger partial charge in [-0.1, -0.05) is 11.6 Å². The number of nitrogens with one attached hydrogen (secondary N) is 1. The van der Waals surface area contributed by atoms with Crippen molar-refractivity contribution in [3.63, 3.8) is 0 Å². The summed E-state index contributed by atoms with van der Waals surface area (Å²) in [5, 5.41) is 3.13. The lowest BCUT2D eigenvalue weighted by Crippen LogP contribution is -2.07. The highest BCUT2D eigenvalue weighted by Crippen LogP contribution is 2.25. The first kappa shape index (κ1) is 13.9. The van der Waals surface area contributed by atoms with Crippen LogP contribution in [0.2, 0.25) is 4.34 Å². The molecule has 0 saturated carbocycles. The second-order valence-electron chi connectivity index (χ2n) is 3.74. The minimum absolute atomic E-state index is 0.258. The second-order valence-corrected chi connectivity index (χ2v) is 6.70. The van der Waals surface area contributed by atoms with Crippen molar-refractivity contribution in [2.24, 2.45) is 0 Å². The molecule has 0 atom stereocenters. The molecule has 0 aliphatic heterocycles. The van der Waals surface area contributed by atoms with Crippen LogP contribution in [0.15, 0.2) is 24.3 Å². The summed E-state index contributed by atoms with van der Waals surface area (Å²) in [6.07, 6.45) is 0.838. The van der Waals surface area contributed by atoms with Gasteiger partial charge in [-0.25, -0.2) is 4.39 Å². The van der Waals surface area contributed by atoms with Gasteiger partial charge in [-0.2, -0.15) is 0 Å². The molecule has 2 rings (SSSR count). The SMILES string of the molecule is Nc1cc(I)c(F)cc1NCCc1ccc(Cl)s1. The molecule has 96 valence electrons. The summed E-state index contributed by atoms with van der Waals surface area (Å²) in [6, 6.07) is 6.92. The summed E-state index contributed by atoms with van der Waals surface area (Å²) in [5.41, 5.74) is 7.02. The number of anilines is 2. The van der Waals surface area contributed by atoms with E-state index in [0.717, 1.165) is 10.8 Å². The van der Waals surface area contributed by atoms with Crippen LogP contribution in [0.1, 0.15) is 4.88 Å². The van der Waals surface area contributed by atoms with E-state index in [1.165, 1.54) is 10.9 Å². The third-order valence-electron chi connectivity index (χ3n) is 2.41. The van der Waals surface area contributed by atoms with Crippen molar-refractivity contribution in [1.82, 2.24) is 0 Å². The molecule has 18 heavy (non-hydrogen) atoms. The van der Waals surface area contributed by atoms with Gasteiger partial charge in [0.25, 0.3) is 0 Å². The van der Waals surface area contributed by atoms with Crippen LogP contribution in [0.5, 0.6) is 0 Å². The number of rotatable bonds is 4. The fourth-order valence-corrected chi connectivity index (χ4v) is 3.10. The zero-order valence-electron chi connectivity index (χ0n) is 9.34. The fourth-order valence-electron chi connectivity index (χ4n) is 1.52. The maximum atomic E-state index is 13.4. The predicted molar refractivity (Wildman–Crippen MR) is 85.1 cm³/mol. The molecule has 0 bridgehead atoms. The summed E-state index contributed by atoms with van der Waals surface area (Å²) < 4.78 is 14.7. The van der Waals surface area contributed by atoms with E-state index >= 15 is 0 Å². The van der Waals surface area contributed by atoms with Crippen molar-refractivity contribution in [3.8, 4) is 0 Å². The van der Waals surface area contributed by atoms with Gasteiger partial charge < -0.3 is 11.1 Å². The molecule has 1 aromatic carbocycles. The van der Waals surface area contributed by atoms with Gasteiger partial charge in [0.1, 0.15) is 5.82 Å². The molecule has 1 aromatic heterocycles. The van der Waals surface area contributed by atoms with Gasteiger partial charge in [0.2, 0.25) is 0 Å². The van der Waals surface area contributed by atoms with E-state index in [0.29, 0.717) is 21.5 Å². The molecule has 0 radical (unpaired) electrons. The average Bonchev–Trinajstić information content (AvgIpc) is 2.71. The van der Waals surface area contributed by atoms with Crippen LogP contribution in [0.3, 0.4) is 0 Å². The third-order valence-corrected chi connectivity index (χ3v) is 4.53. The van der Waals surface area contributed by atoms with E-state index in [-0.39, 0.29) is 5.82 Å². The second kappa shape index (κ2) is 6.08. The number of hydrogen-bond donors (Lipinski definition) is 2. The third kappa shape index (κ3) is 3.49. The van der Waals surface area contributed by atoms with Crippen molar-refractivity contribution >= 4 is 56.9 Å². The van der Waals surface area contributed by atoms with Crippen molar-refractivity contribution in [1.29, 1.82) is 0 Å². The molecule has 0 fully saturated rings. The lowest BCUT2D eigenvalue weighted by Gasteiger charge is -2.09. The van der Waals surface area contributed by atoms with Crippen LogP contribution in [-0.2, 0) is 6.42 Å². The molecule has 2 aromatic rings. The quantitative estimate of drug-likeness (QED) is 0.594. The summed E-state index contributed by atoms with van der Waals surface area (Å²) in [4.78, 5) is 1.19. The normalized spacial score (nSPS) is 10.6. The van der Waals surface area contributed by atoms with Gasteiger partial charge in [0.05, 0.1) is 19.3 Å². The molecular formula is C12H11ClFIN2S. The molecule has 0 spiro atoms. The van der Waals surface area contributed by atoms with Crippen molar-refractivity contribution in [2.75, 3.05) is 17.6 Å². The zero-order valence-corrected chi connectivity index (χ0v) is 13.1. The van der Waals surface area contributed by atoms with Gasteiger partial charge in [-0.15, -0.1) is 11.3 Å². The molecule has 0 saturated heterocycles. The minimum atomic E-state index is -0.258. The first-order chi connectivity index (χ1) is 8.56. The molecule has 0 aliphatic rings. The van der Waals surface area contributed by atoms with E-state index in [9.17, 15) is 4.39 Å². The van der Waals surface area contributed by atoms with Gasteiger partial charge in [0.15, 0.2) is 0 Å². The standard InChI is InChI=1S/C12H11ClFIN2S/c13-12-2-1-7(18-12)3-4-17-11-5-8(14)9(15)6-10(11)16/h1-2,5-6,17H,3-4,16H2. The van der Waals surface area contributed by atoms with Gasteiger partial charge in [0, 0.05) is 17.5 Å². The van der Waals surface area contributed by atoms with Gasteiger partial charge in [-0.05, 0) is 47.2 Å². The van der Waals surface area contributed by atoms with Crippen molar-refractivity contribution < 1.29 is 4.39 Å². The van der Waals surface area contributed by atoms with E-state index in [1.54, 1.807) is 17.4 Å². The van der Waals surface area contributed by atoms with Crippen LogP contribution in [0.4, 0.5) is 15.8 Å². The number of halogens is 3. The highest BCUT2D eigenvalue weighted by Gasteiger charge is 2.05. The number of hydrogen-bond acceptors (Lipinski definition) is 3. The van der Waals surface area contributed by atoms with Gasteiger partial charge in [-0.3, -0.25) is 0 Å². The van der Waals surface area contributed by atoms with Crippen LogP contribution in [0, 0.1) is 9.39 Å². The minimum Gasteiger partial charge on any atom is -0.397 e. The summed E-state index contributed by atoms with van der Waals surface area (Å²) >= 11 is 9.32. The Morgan fingerprint density at radius 2 is 2.17 bits per heavy atom. The van der Waals surface area contributed by atoms with Crippen molar-refractivity contribution in [2.45, 2.75) is 6.42 Å². The molecule has 2 nitrogen and oxygen atoms in total. The Hall–Kier alpha value is -0.530. The first-order valence-corrected chi connectivity index (χ1v) is 7.56. The largest absolute Gasteiger partial charge is 0.397 e. The summed E-state index contributed by atoms with van der Waals surface area (Å²) in [5.74, 6) is -0.258. The molecular weight excluding hydrogens is 386 g/mol. The van der Waals surface area contributed by atoms with Crippen LogP contribution >= 0.6 is 45.5 Å². The van der Waals surface area contributed by atoms with Crippen molar-refractivity contribution in [3.05, 3.63) is 42.9 Å². The van der Waals surface area contributed by atoms with Crippen LogP contribution < -0.4 is 11.1 Å². The topological polar surface area (TPSA) is 38.0 Å². The fraction of sp³-hybridized carbons (Fsp3) is 0.167. The van der Waals surface area contributed by atoms with Crippen LogP contribution in [-0.4, -0.2) is 6.54 Å². The summed E-state index contributed by atoms with van der Waals surface area (Å²) in [6.45, 7) is 0.696. The molecule has 0 aliphatic carbocycles. The number of nitrogen functional groups attached to an aromatic ring is 1. The zero-order chi connectivity index (χ0) is 13.1. The molecule has 6 heteroatoms. The van der Waals surface area contributed by atoms with E-state index in [2.05, 4.69) is 5.32 Å². The highest BCUT2D eigenvalue weighted by molar-refractivity contribution is 14.1. The lowest BCUT2D eigenvalue weighted by molar-refractivity contribution is 0.621. The lowest BCUT2D eigenvalue weighted by atomic mass is 10.2. The number of benzene rings is 1. The Labute approximate surface area is 127 Å². The smallest absolute Gasteiger partial charge is 0.138 e. The Balaban J connectivity index is 1.96. The maximum absolute atomic E-state index is 13.4.